The first-order chi connectivity index (χ1) is 9.56. The molecule has 1 amide bonds. The summed E-state index contributed by atoms with van der Waals surface area (Å²) < 4.78 is 0. The Hall–Kier alpha value is -0.770. The van der Waals surface area contributed by atoms with Crippen LogP contribution in [0.1, 0.15) is 32.6 Å². The topological polar surface area (TPSA) is 41.1 Å². The van der Waals surface area contributed by atoms with Gasteiger partial charge in [0.1, 0.15) is 0 Å². The van der Waals surface area contributed by atoms with E-state index in [0.29, 0.717) is 34.2 Å². The van der Waals surface area contributed by atoms with Crippen LogP contribution in [-0.2, 0) is 4.79 Å². The SMILES string of the molecule is C[C@H]1CCCC[C@H]1NCC(=O)Nc1cc(Cl)ccc1Cl. The van der Waals surface area contributed by atoms with Gasteiger partial charge in [-0.15, -0.1) is 0 Å². The number of nitrogens with one attached hydrogen (secondary N) is 2. The highest BCUT2D eigenvalue weighted by Gasteiger charge is 2.21. The number of amides is 1. The first-order valence-corrected chi connectivity index (χ1v) is 7.80. The molecule has 1 aliphatic rings. The third-order valence-electron chi connectivity index (χ3n) is 3.84. The van der Waals surface area contributed by atoms with Crippen molar-refractivity contribution in [2.24, 2.45) is 5.92 Å². The highest BCUT2D eigenvalue weighted by molar-refractivity contribution is 6.35. The van der Waals surface area contributed by atoms with E-state index in [1.54, 1.807) is 18.2 Å². The standard InChI is InChI=1S/C15H20Cl2N2O/c1-10-4-2-3-5-13(10)18-9-15(20)19-14-8-11(16)6-7-12(14)17/h6-8,10,13,18H,2-5,9H2,1H3,(H,19,20)/t10-,13+/m0/s1. The second-order valence-corrected chi connectivity index (χ2v) is 6.27. The van der Waals surface area contributed by atoms with E-state index in [-0.39, 0.29) is 5.91 Å². The maximum atomic E-state index is 11.9. The van der Waals surface area contributed by atoms with Gasteiger partial charge in [-0.3, -0.25) is 4.79 Å². The summed E-state index contributed by atoms with van der Waals surface area (Å²) in [7, 11) is 0. The molecule has 2 atom stereocenters. The van der Waals surface area contributed by atoms with Crippen molar-refractivity contribution in [1.82, 2.24) is 5.32 Å². The summed E-state index contributed by atoms with van der Waals surface area (Å²) in [6.45, 7) is 2.54. The maximum absolute atomic E-state index is 11.9. The van der Waals surface area contributed by atoms with Crippen LogP contribution in [0.25, 0.3) is 0 Å². The van der Waals surface area contributed by atoms with E-state index in [0.717, 1.165) is 6.42 Å². The van der Waals surface area contributed by atoms with Crippen LogP contribution in [0.3, 0.4) is 0 Å². The minimum atomic E-state index is -0.0908. The molecule has 1 aliphatic carbocycles. The first kappa shape index (κ1) is 15.6. The molecule has 1 aromatic carbocycles. The zero-order valence-electron chi connectivity index (χ0n) is 11.6. The van der Waals surface area contributed by atoms with Gasteiger partial charge in [-0.2, -0.15) is 0 Å². The van der Waals surface area contributed by atoms with Crippen LogP contribution >= 0.6 is 23.2 Å². The Morgan fingerprint density at radius 1 is 1.30 bits per heavy atom. The summed E-state index contributed by atoms with van der Waals surface area (Å²) in [5, 5.41) is 7.17. The van der Waals surface area contributed by atoms with Crippen LogP contribution in [0.5, 0.6) is 0 Å². The molecule has 0 aliphatic heterocycles. The van der Waals surface area contributed by atoms with Crippen LogP contribution < -0.4 is 10.6 Å². The molecule has 20 heavy (non-hydrogen) atoms. The predicted octanol–water partition coefficient (Wildman–Crippen LogP) is 4.10. The lowest BCUT2D eigenvalue weighted by molar-refractivity contribution is -0.115. The molecule has 5 heteroatoms. The number of anilines is 1. The fraction of sp³-hybridized carbons (Fsp3) is 0.533. The highest BCUT2D eigenvalue weighted by Crippen LogP contribution is 2.26. The summed E-state index contributed by atoms with van der Waals surface area (Å²) in [5.41, 5.74) is 0.558. The molecule has 0 aromatic heterocycles. The molecular formula is C15H20Cl2N2O. The van der Waals surface area contributed by atoms with Crippen LogP contribution in [0.2, 0.25) is 10.0 Å². The first-order valence-electron chi connectivity index (χ1n) is 7.04. The van der Waals surface area contributed by atoms with Crippen molar-refractivity contribution < 1.29 is 4.79 Å². The average molecular weight is 315 g/mol. The van der Waals surface area contributed by atoms with Gasteiger partial charge in [-0.25, -0.2) is 0 Å². The van der Waals surface area contributed by atoms with Gasteiger partial charge in [0.2, 0.25) is 5.91 Å². The van der Waals surface area contributed by atoms with Gasteiger partial charge < -0.3 is 10.6 Å². The number of hydrogen-bond acceptors (Lipinski definition) is 2. The van der Waals surface area contributed by atoms with E-state index in [1.165, 1.54) is 19.3 Å². The molecule has 0 bridgehead atoms. The van der Waals surface area contributed by atoms with Crippen molar-refractivity contribution in [2.45, 2.75) is 38.6 Å². The number of benzene rings is 1. The predicted molar refractivity (Wildman–Crippen MR) is 84.5 cm³/mol. The van der Waals surface area contributed by atoms with Crippen molar-refractivity contribution in [3.05, 3.63) is 28.2 Å². The van der Waals surface area contributed by atoms with Crippen LogP contribution in [0.15, 0.2) is 18.2 Å². The summed E-state index contributed by atoms with van der Waals surface area (Å²) in [6, 6.07) is 5.46. The van der Waals surface area contributed by atoms with Crippen LogP contribution in [0.4, 0.5) is 5.69 Å². The molecule has 0 heterocycles. The zero-order valence-corrected chi connectivity index (χ0v) is 13.1. The molecule has 110 valence electrons. The normalized spacial score (nSPS) is 22.6. The Bertz CT molecular complexity index is 479. The lowest BCUT2D eigenvalue weighted by Gasteiger charge is -2.29. The van der Waals surface area contributed by atoms with E-state index in [9.17, 15) is 4.79 Å². The Labute approximate surface area is 130 Å². The highest BCUT2D eigenvalue weighted by atomic mass is 35.5. The van der Waals surface area contributed by atoms with Gasteiger partial charge in [-0.05, 0) is 37.0 Å². The van der Waals surface area contributed by atoms with Crippen molar-refractivity contribution in [2.75, 3.05) is 11.9 Å². The number of rotatable bonds is 4. The monoisotopic (exact) mass is 314 g/mol. The molecular weight excluding hydrogens is 295 g/mol. The van der Waals surface area contributed by atoms with Gasteiger partial charge in [0.05, 0.1) is 17.3 Å². The maximum Gasteiger partial charge on any atom is 0.238 e. The molecule has 0 spiro atoms. The Balaban J connectivity index is 1.84. The minimum Gasteiger partial charge on any atom is -0.324 e. The average Bonchev–Trinajstić information content (AvgIpc) is 2.42. The molecule has 0 radical (unpaired) electrons. The molecule has 0 unspecified atom stereocenters. The number of halogens is 2. The Morgan fingerprint density at radius 2 is 2.05 bits per heavy atom. The second-order valence-electron chi connectivity index (χ2n) is 5.42. The third kappa shape index (κ3) is 4.37. The largest absolute Gasteiger partial charge is 0.324 e. The Kier molecular flexibility index (Phi) is 5.70. The van der Waals surface area contributed by atoms with Crippen LogP contribution in [0, 0.1) is 5.92 Å². The van der Waals surface area contributed by atoms with Gasteiger partial charge >= 0.3 is 0 Å². The van der Waals surface area contributed by atoms with Crippen LogP contribution in [-0.4, -0.2) is 18.5 Å². The zero-order chi connectivity index (χ0) is 14.5. The van der Waals surface area contributed by atoms with E-state index in [1.807, 2.05) is 0 Å². The second kappa shape index (κ2) is 7.30. The molecule has 2 N–H and O–H groups in total. The molecule has 1 aromatic rings. The summed E-state index contributed by atoms with van der Waals surface area (Å²) in [4.78, 5) is 11.9. The van der Waals surface area contributed by atoms with E-state index in [2.05, 4.69) is 17.6 Å². The molecule has 2 rings (SSSR count). The van der Waals surface area contributed by atoms with Crippen molar-refractivity contribution >= 4 is 34.8 Å². The van der Waals surface area contributed by atoms with E-state index < -0.39 is 0 Å². The van der Waals surface area contributed by atoms with Crippen molar-refractivity contribution in [3.63, 3.8) is 0 Å². The quantitative estimate of drug-likeness (QED) is 0.878. The van der Waals surface area contributed by atoms with Crippen molar-refractivity contribution in [3.8, 4) is 0 Å². The summed E-state index contributed by atoms with van der Waals surface area (Å²) >= 11 is 11.9. The Morgan fingerprint density at radius 3 is 2.80 bits per heavy atom. The lowest BCUT2D eigenvalue weighted by atomic mass is 9.86. The van der Waals surface area contributed by atoms with E-state index >= 15 is 0 Å². The number of hydrogen-bond donors (Lipinski definition) is 2. The molecule has 0 saturated heterocycles. The fourth-order valence-corrected chi connectivity index (χ4v) is 2.97. The van der Waals surface area contributed by atoms with Gasteiger partial charge in [0.25, 0.3) is 0 Å². The molecule has 3 nitrogen and oxygen atoms in total. The van der Waals surface area contributed by atoms with Gasteiger partial charge in [0.15, 0.2) is 0 Å². The lowest BCUT2D eigenvalue weighted by Crippen LogP contribution is -2.41. The summed E-state index contributed by atoms with van der Waals surface area (Å²) in [6.07, 6.45) is 4.92. The van der Waals surface area contributed by atoms with Crippen molar-refractivity contribution in [1.29, 1.82) is 0 Å². The minimum absolute atomic E-state index is 0.0908. The number of carbonyl (C=O) groups excluding carboxylic acids is 1. The van der Waals surface area contributed by atoms with Gasteiger partial charge in [-0.1, -0.05) is 43.0 Å². The summed E-state index contributed by atoms with van der Waals surface area (Å²) in [5.74, 6) is 0.540. The van der Waals surface area contributed by atoms with Gasteiger partial charge in [0, 0.05) is 11.1 Å². The molecule has 1 saturated carbocycles. The van der Waals surface area contributed by atoms with E-state index in [4.69, 9.17) is 23.2 Å². The third-order valence-corrected chi connectivity index (χ3v) is 4.40. The smallest absolute Gasteiger partial charge is 0.238 e. The molecule has 1 fully saturated rings. The fourth-order valence-electron chi connectivity index (χ4n) is 2.63. The number of carbonyl (C=O) groups is 1.